The summed E-state index contributed by atoms with van der Waals surface area (Å²) in [6.45, 7) is 11.8. The largest absolute Gasteiger partial charge is 0.463 e. The Morgan fingerprint density at radius 3 is 2.50 bits per heavy atom. The predicted molar refractivity (Wildman–Crippen MR) is 129 cm³/mol. The molecule has 6 rings (SSSR count). The number of ether oxygens (including phenoxy) is 3. The van der Waals surface area contributed by atoms with E-state index in [0.29, 0.717) is 41.4 Å². The van der Waals surface area contributed by atoms with Gasteiger partial charge in [0.05, 0.1) is 18.8 Å². The first-order valence-corrected chi connectivity index (χ1v) is 14.3. The Bertz CT molecular complexity index is 819. The van der Waals surface area contributed by atoms with Gasteiger partial charge in [0.1, 0.15) is 6.10 Å². The second-order valence-electron chi connectivity index (χ2n) is 13.8. The molecule has 0 aromatic carbocycles. The van der Waals surface area contributed by atoms with E-state index in [4.69, 9.17) is 14.2 Å². The van der Waals surface area contributed by atoms with Gasteiger partial charge >= 0.3 is 5.97 Å². The van der Waals surface area contributed by atoms with Crippen molar-refractivity contribution in [3.8, 4) is 0 Å². The molecule has 0 unspecified atom stereocenters. The topological polar surface area (TPSA) is 65.0 Å². The van der Waals surface area contributed by atoms with Crippen molar-refractivity contribution in [1.29, 1.82) is 0 Å². The minimum absolute atomic E-state index is 0.0837. The molecule has 34 heavy (non-hydrogen) atoms. The third kappa shape index (κ3) is 3.18. The van der Waals surface area contributed by atoms with Crippen molar-refractivity contribution < 1.29 is 24.1 Å². The zero-order valence-electron chi connectivity index (χ0n) is 21.9. The fourth-order valence-corrected chi connectivity index (χ4v) is 10.5. The van der Waals surface area contributed by atoms with Crippen LogP contribution in [0.15, 0.2) is 0 Å². The summed E-state index contributed by atoms with van der Waals surface area (Å²) in [5.74, 6) is 3.11. The van der Waals surface area contributed by atoms with E-state index in [1.165, 1.54) is 26.2 Å². The lowest BCUT2D eigenvalue weighted by Crippen LogP contribution is -2.59. The third-order valence-electron chi connectivity index (χ3n) is 12.3. The number of aliphatic hydroxyl groups excluding tert-OH is 1. The molecule has 0 amide bonds. The molecular formula is C29H46O5. The van der Waals surface area contributed by atoms with Gasteiger partial charge in [0.15, 0.2) is 5.79 Å². The van der Waals surface area contributed by atoms with Crippen molar-refractivity contribution in [2.75, 3.05) is 6.61 Å². The van der Waals surface area contributed by atoms with E-state index < -0.39 is 5.79 Å². The molecule has 4 saturated carbocycles. The van der Waals surface area contributed by atoms with Crippen LogP contribution in [0, 0.1) is 52.3 Å². The third-order valence-corrected chi connectivity index (χ3v) is 12.3. The van der Waals surface area contributed by atoms with Crippen LogP contribution in [0.5, 0.6) is 0 Å². The molecule has 2 heterocycles. The normalized spacial score (nSPS) is 58.5. The summed E-state index contributed by atoms with van der Waals surface area (Å²) in [5.41, 5.74) is 0.162. The molecular weight excluding hydrogens is 428 g/mol. The van der Waals surface area contributed by atoms with Crippen molar-refractivity contribution in [1.82, 2.24) is 0 Å². The van der Waals surface area contributed by atoms with Gasteiger partial charge < -0.3 is 19.3 Å². The molecule has 13 atom stereocenters. The van der Waals surface area contributed by atoms with Crippen LogP contribution in [0.2, 0.25) is 0 Å². The van der Waals surface area contributed by atoms with E-state index in [1.807, 2.05) is 0 Å². The van der Waals surface area contributed by atoms with Gasteiger partial charge in [0, 0.05) is 30.6 Å². The summed E-state index contributed by atoms with van der Waals surface area (Å²) in [7, 11) is 0. The molecule has 6 aliphatic rings. The lowest BCUT2D eigenvalue weighted by molar-refractivity contribution is -0.274. The molecule has 192 valence electrons. The zero-order chi connectivity index (χ0) is 24.0. The van der Waals surface area contributed by atoms with Gasteiger partial charge in [-0.15, -0.1) is 0 Å². The molecule has 2 aliphatic heterocycles. The molecule has 6 fully saturated rings. The van der Waals surface area contributed by atoms with E-state index >= 15 is 0 Å². The van der Waals surface area contributed by atoms with Gasteiger partial charge in [-0.05, 0) is 86.4 Å². The summed E-state index contributed by atoms with van der Waals surface area (Å²) in [5, 5.41) is 11.9. The van der Waals surface area contributed by atoms with Crippen molar-refractivity contribution in [3.63, 3.8) is 0 Å². The van der Waals surface area contributed by atoms with E-state index in [9.17, 15) is 9.90 Å². The molecule has 2 saturated heterocycles. The maximum absolute atomic E-state index is 11.9. The van der Waals surface area contributed by atoms with Crippen molar-refractivity contribution >= 4 is 5.97 Å². The van der Waals surface area contributed by atoms with Gasteiger partial charge in [-0.2, -0.15) is 0 Å². The monoisotopic (exact) mass is 474 g/mol. The first kappa shape index (κ1) is 23.7. The number of hydrogen-bond acceptors (Lipinski definition) is 5. The summed E-state index contributed by atoms with van der Waals surface area (Å²) in [6.07, 6.45) is 9.76. The molecule has 4 aliphatic carbocycles. The van der Waals surface area contributed by atoms with Crippen molar-refractivity contribution in [3.05, 3.63) is 0 Å². The van der Waals surface area contributed by atoms with Crippen LogP contribution in [-0.2, 0) is 19.0 Å². The summed E-state index contributed by atoms with van der Waals surface area (Å²) >= 11 is 0. The molecule has 1 N–H and O–H groups in total. The van der Waals surface area contributed by atoms with Gasteiger partial charge in [0.25, 0.3) is 0 Å². The Morgan fingerprint density at radius 2 is 1.79 bits per heavy atom. The molecule has 0 radical (unpaired) electrons. The summed E-state index contributed by atoms with van der Waals surface area (Å²) < 4.78 is 18.9. The minimum Gasteiger partial charge on any atom is -0.463 e. The Labute approximate surface area is 205 Å². The van der Waals surface area contributed by atoms with Crippen LogP contribution in [-0.4, -0.2) is 41.8 Å². The Hall–Kier alpha value is -0.650. The van der Waals surface area contributed by atoms with Crippen molar-refractivity contribution in [2.45, 2.75) is 117 Å². The molecule has 5 nitrogen and oxygen atoms in total. The number of aliphatic hydroxyl groups is 1. The highest BCUT2D eigenvalue weighted by atomic mass is 16.7. The Kier molecular flexibility index (Phi) is 5.53. The summed E-state index contributed by atoms with van der Waals surface area (Å²) in [4.78, 5) is 11.6. The van der Waals surface area contributed by atoms with Gasteiger partial charge in [-0.25, -0.2) is 0 Å². The molecule has 0 aromatic rings. The van der Waals surface area contributed by atoms with Gasteiger partial charge in [-0.1, -0.05) is 27.7 Å². The number of esters is 1. The van der Waals surface area contributed by atoms with E-state index in [2.05, 4.69) is 27.7 Å². The van der Waals surface area contributed by atoms with Crippen LogP contribution in [0.4, 0.5) is 0 Å². The number of rotatable bonds is 1. The first-order chi connectivity index (χ1) is 16.1. The Balaban J connectivity index is 1.24. The van der Waals surface area contributed by atoms with E-state index in [1.54, 1.807) is 0 Å². The average molecular weight is 475 g/mol. The van der Waals surface area contributed by atoms with Crippen molar-refractivity contribution in [2.24, 2.45) is 52.3 Å². The summed E-state index contributed by atoms with van der Waals surface area (Å²) in [6, 6.07) is 0. The van der Waals surface area contributed by atoms with Crippen LogP contribution in [0.3, 0.4) is 0 Å². The molecule has 0 aromatic heterocycles. The number of carbonyl (C=O) groups excluding carboxylic acids is 1. The highest BCUT2D eigenvalue weighted by Gasteiger charge is 2.71. The standard InChI is InChI=1S/C29H46O5/c1-16-8-11-29(32-15-16)17(2)26-24(34-29)13-23-21-7-6-19-12-20(33-18(3)30)9-10-27(19,4)22(21)14-25(31)28(23,26)5/h16-17,19-26,31H,6-15H2,1-5H3/t16-,17-,19-,20-,21+,22-,23-,24+,25+,26-,27-,28+,29+/m0/s1. The second-order valence-corrected chi connectivity index (χ2v) is 13.8. The van der Waals surface area contributed by atoms with Gasteiger partial charge in [-0.3, -0.25) is 4.79 Å². The fourth-order valence-electron chi connectivity index (χ4n) is 10.5. The Morgan fingerprint density at radius 1 is 1.00 bits per heavy atom. The second kappa shape index (κ2) is 7.92. The van der Waals surface area contributed by atoms with Crippen LogP contribution >= 0.6 is 0 Å². The minimum atomic E-state index is -0.425. The highest BCUT2D eigenvalue weighted by molar-refractivity contribution is 5.66. The molecule has 0 bridgehead atoms. The average Bonchev–Trinajstić information content (AvgIpc) is 3.23. The lowest BCUT2D eigenvalue weighted by atomic mass is 9.43. The van der Waals surface area contributed by atoms with E-state index in [0.717, 1.165) is 45.1 Å². The zero-order valence-corrected chi connectivity index (χ0v) is 21.9. The molecule has 1 spiro atoms. The quantitative estimate of drug-likeness (QED) is 0.520. The number of fused-ring (bicyclic) bond motifs is 7. The predicted octanol–water partition coefficient (Wildman–Crippen LogP) is 5.34. The fraction of sp³-hybridized carbons (Fsp3) is 0.966. The molecule has 5 heteroatoms. The lowest BCUT2D eigenvalue weighted by Gasteiger charge is -2.62. The number of hydrogen-bond donors (Lipinski definition) is 1. The van der Waals surface area contributed by atoms with Crippen LogP contribution in [0.25, 0.3) is 0 Å². The van der Waals surface area contributed by atoms with Gasteiger partial charge in [0.2, 0.25) is 0 Å². The number of carbonyl (C=O) groups is 1. The van der Waals surface area contributed by atoms with Crippen LogP contribution in [0.1, 0.15) is 92.4 Å². The highest BCUT2D eigenvalue weighted by Crippen LogP contribution is 2.71. The maximum atomic E-state index is 11.9. The maximum Gasteiger partial charge on any atom is 0.302 e. The SMILES string of the molecule is CC(=O)O[C@H]1CC[C@@]2(C)[C@@H](CC[C@@H]3[C@@H]2C[C@@H](O)[C@]2(C)[C@@H]4[C@@H](C[C@@H]32)O[C@]2(CC[C@H](C)CO2)[C@H]4C)C1. The smallest absolute Gasteiger partial charge is 0.302 e. The van der Waals surface area contributed by atoms with Crippen LogP contribution < -0.4 is 0 Å². The van der Waals surface area contributed by atoms with E-state index in [-0.39, 0.29) is 35.1 Å². The first-order valence-electron chi connectivity index (χ1n) is 14.3.